The van der Waals surface area contributed by atoms with Gasteiger partial charge in [0.05, 0.1) is 6.04 Å². The van der Waals surface area contributed by atoms with Gasteiger partial charge in [-0.15, -0.1) is 0 Å². The van der Waals surface area contributed by atoms with Crippen molar-refractivity contribution in [2.24, 2.45) is 4.99 Å². The number of hydrogen-bond acceptors (Lipinski definition) is 2. The molecule has 1 fully saturated rings. The van der Waals surface area contributed by atoms with Crippen molar-refractivity contribution >= 4 is 6.21 Å². The van der Waals surface area contributed by atoms with Crippen molar-refractivity contribution in [3.05, 3.63) is 95.6 Å². The van der Waals surface area contributed by atoms with E-state index in [1.807, 2.05) is 12.3 Å². The van der Waals surface area contributed by atoms with Gasteiger partial charge in [0.1, 0.15) is 0 Å². The number of aliphatic imine (C=N–C) groups is 1. The number of rotatable bonds is 5. The van der Waals surface area contributed by atoms with Crippen LogP contribution in [0.25, 0.3) is 11.1 Å². The first-order chi connectivity index (χ1) is 13.8. The predicted molar refractivity (Wildman–Crippen MR) is 119 cm³/mol. The Morgan fingerprint density at radius 3 is 2.43 bits per heavy atom. The summed E-state index contributed by atoms with van der Waals surface area (Å²) in [7, 11) is 0. The van der Waals surface area contributed by atoms with Crippen LogP contribution < -0.4 is 0 Å². The maximum atomic E-state index is 4.82. The highest BCUT2D eigenvalue weighted by molar-refractivity contribution is 5.79. The summed E-state index contributed by atoms with van der Waals surface area (Å²) in [5.74, 6) is 0. The third-order valence-corrected chi connectivity index (χ3v) is 5.53. The quantitative estimate of drug-likeness (QED) is 0.524. The minimum absolute atomic E-state index is 0.448. The van der Waals surface area contributed by atoms with Gasteiger partial charge in [0.15, 0.2) is 0 Å². The van der Waals surface area contributed by atoms with Gasteiger partial charge in [0, 0.05) is 25.8 Å². The summed E-state index contributed by atoms with van der Waals surface area (Å²) < 4.78 is 0. The topological polar surface area (TPSA) is 15.6 Å². The summed E-state index contributed by atoms with van der Waals surface area (Å²) in [6, 6.07) is 28.5. The van der Waals surface area contributed by atoms with Crippen LogP contribution >= 0.6 is 0 Å². The lowest BCUT2D eigenvalue weighted by atomic mass is 9.97. The Hall–Kier alpha value is -2.71. The van der Waals surface area contributed by atoms with Crippen LogP contribution in [0.15, 0.2) is 83.9 Å². The van der Waals surface area contributed by atoms with Gasteiger partial charge in [-0.3, -0.25) is 9.89 Å². The Morgan fingerprint density at radius 2 is 1.64 bits per heavy atom. The SMILES string of the molecule is Cc1cccc(-c2ccccc2CN2CCC(N=Cc3ccccc3)CC2)c1. The van der Waals surface area contributed by atoms with E-state index in [4.69, 9.17) is 4.99 Å². The second kappa shape index (κ2) is 8.99. The fraction of sp³-hybridized carbons (Fsp3) is 0.269. The van der Waals surface area contributed by atoms with E-state index in [0.717, 1.165) is 32.5 Å². The number of benzene rings is 3. The number of nitrogens with zero attached hydrogens (tertiary/aromatic N) is 2. The molecule has 0 radical (unpaired) electrons. The summed E-state index contributed by atoms with van der Waals surface area (Å²) >= 11 is 0. The fourth-order valence-electron chi connectivity index (χ4n) is 3.95. The van der Waals surface area contributed by atoms with Crippen LogP contribution in [-0.2, 0) is 6.54 Å². The van der Waals surface area contributed by atoms with Gasteiger partial charge in [0.2, 0.25) is 0 Å². The van der Waals surface area contributed by atoms with Crippen molar-refractivity contribution in [2.75, 3.05) is 13.1 Å². The number of likely N-dealkylation sites (tertiary alicyclic amines) is 1. The molecule has 28 heavy (non-hydrogen) atoms. The monoisotopic (exact) mass is 368 g/mol. The normalized spacial score (nSPS) is 15.9. The maximum absolute atomic E-state index is 4.82. The molecule has 0 spiro atoms. The summed E-state index contributed by atoms with van der Waals surface area (Å²) in [5.41, 5.74) is 6.59. The van der Waals surface area contributed by atoms with Gasteiger partial charge in [-0.1, -0.05) is 84.4 Å². The standard InChI is InChI=1S/C26H28N2/c1-21-8-7-12-23(18-21)26-13-6-5-11-24(26)20-28-16-14-25(15-17-28)27-19-22-9-3-2-4-10-22/h2-13,18-19,25H,14-17,20H2,1H3. The molecule has 0 aromatic heterocycles. The molecule has 0 amide bonds. The maximum Gasteiger partial charge on any atom is 0.0524 e. The molecular formula is C26H28N2. The lowest BCUT2D eigenvalue weighted by Gasteiger charge is -2.30. The molecule has 0 bridgehead atoms. The van der Waals surface area contributed by atoms with Gasteiger partial charge in [-0.05, 0) is 42.0 Å². The van der Waals surface area contributed by atoms with E-state index in [1.54, 1.807) is 0 Å². The minimum atomic E-state index is 0.448. The van der Waals surface area contributed by atoms with Crippen molar-refractivity contribution in [1.29, 1.82) is 0 Å². The molecule has 1 saturated heterocycles. The van der Waals surface area contributed by atoms with Crippen molar-refractivity contribution in [1.82, 2.24) is 4.90 Å². The van der Waals surface area contributed by atoms with Gasteiger partial charge in [-0.25, -0.2) is 0 Å². The van der Waals surface area contributed by atoms with Gasteiger partial charge < -0.3 is 0 Å². The Labute approximate surface area is 168 Å². The molecule has 1 heterocycles. The zero-order chi connectivity index (χ0) is 19.2. The summed E-state index contributed by atoms with van der Waals surface area (Å²) in [4.78, 5) is 7.39. The Kier molecular flexibility index (Phi) is 5.98. The van der Waals surface area contributed by atoms with Crippen LogP contribution in [0.2, 0.25) is 0 Å². The molecule has 0 atom stereocenters. The average molecular weight is 369 g/mol. The van der Waals surface area contributed by atoms with Gasteiger partial charge >= 0.3 is 0 Å². The molecule has 0 unspecified atom stereocenters. The highest BCUT2D eigenvalue weighted by atomic mass is 15.1. The third-order valence-electron chi connectivity index (χ3n) is 5.53. The Morgan fingerprint density at radius 1 is 0.893 bits per heavy atom. The van der Waals surface area contributed by atoms with Crippen LogP contribution in [0.4, 0.5) is 0 Å². The molecule has 2 heteroatoms. The van der Waals surface area contributed by atoms with Crippen molar-refractivity contribution in [3.63, 3.8) is 0 Å². The molecule has 4 rings (SSSR count). The van der Waals surface area contributed by atoms with Crippen LogP contribution in [0, 0.1) is 6.92 Å². The minimum Gasteiger partial charge on any atom is -0.299 e. The van der Waals surface area contributed by atoms with Gasteiger partial charge in [-0.2, -0.15) is 0 Å². The van der Waals surface area contributed by atoms with Crippen molar-refractivity contribution < 1.29 is 0 Å². The largest absolute Gasteiger partial charge is 0.299 e. The first-order valence-corrected chi connectivity index (χ1v) is 10.2. The zero-order valence-corrected chi connectivity index (χ0v) is 16.6. The molecule has 0 aliphatic carbocycles. The molecule has 3 aromatic rings. The number of hydrogen-bond donors (Lipinski definition) is 0. The van der Waals surface area contributed by atoms with E-state index >= 15 is 0 Å². The number of piperidine rings is 1. The molecule has 0 N–H and O–H groups in total. The van der Waals surface area contributed by atoms with E-state index in [2.05, 4.69) is 84.6 Å². The van der Waals surface area contributed by atoms with Crippen molar-refractivity contribution in [3.8, 4) is 11.1 Å². The molecule has 2 nitrogen and oxygen atoms in total. The summed E-state index contributed by atoms with van der Waals surface area (Å²) in [5, 5.41) is 0. The summed E-state index contributed by atoms with van der Waals surface area (Å²) in [6.07, 6.45) is 4.30. The molecule has 0 saturated carbocycles. The third kappa shape index (κ3) is 4.76. The molecule has 142 valence electrons. The van der Waals surface area contributed by atoms with E-state index in [1.165, 1.54) is 27.8 Å². The van der Waals surface area contributed by atoms with E-state index in [0.29, 0.717) is 6.04 Å². The van der Waals surface area contributed by atoms with E-state index in [9.17, 15) is 0 Å². The Balaban J connectivity index is 1.38. The predicted octanol–water partition coefficient (Wildman–Crippen LogP) is 5.75. The smallest absolute Gasteiger partial charge is 0.0524 e. The molecule has 3 aromatic carbocycles. The lowest BCUT2D eigenvalue weighted by molar-refractivity contribution is 0.207. The van der Waals surface area contributed by atoms with E-state index < -0.39 is 0 Å². The van der Waals surface area contributed by atoms with Crippen molar-refractivity contribution in [2.45, 2.75) is 32.4 Å². The summed E-state index contributed by atoms with van der Waals surface area (Å²) in [6.45, 7) is 5.39. The lowest BCUT2D eigenvalue weighted by Crippen LogP contribution is -2.35. The van der Waals surface area contributed by atoms with Crippen LogP contribution in [0.1, 0.15) is 29.5 Å². The molecule has 1 aliphatic rings. The highest BCUT2D eigenvalue weighted by Crippen LogP contribution is 2.26. The van der Waals surface area contributed by atoms with Crippen LogP contribution in [0.5, 0.6) is 0 Å². The first-order valence-electron chi connectivity index (χ1n) is 10.2. The van der Waals surface area contributed by atoms with Crippen LogP contribution in [0.3, 0.4) is 0 Å². The molecule has 1 aliphatic heterocycles. The molecular weight excluding hydrogens is 340 g/mol. The average Bonchev–Trinajstić information content (AvgIpc) is 2.74. The second-order valence-electron chi connectivity index (χ2n) is 7.72. The highest BCUT2D eigenvalue weighted by Gasteiger charge is 2.19. The second-order valence-corrected chi connectivity index (χ2v) is 7.72. The first kappa shape index (κ1) is 18.6. The zero-order valence-electron chi connectivity index (χ0n) is 16.6. The number of aryl methyl sites for hydroxylation is 1. The fourth-order valence-corrected chi connectivity index (χ4v) is 3.95. The van der Waals surface area contributed by atoms with Gasteiger partial charge in [0.25, 0.3) is 0 Å². The Bertz CT molecular complexity index is 922. The van der Waals surface area contributed by atoms with E-state index in [-0.39, 0.29) is 0 Å². The van der Waals surface area contributed by atoms with Crippen LogP contribution in [-0.4, -0.2) is 30.2 Å².